The average molecular weight is 518 g/mol. The molecule has 1 N–H and O–H groups in total. The lowest BCUT2D eigenvalue weighted by molar-refractivity contribution is -0.0615. The monoisotopic (exact) mass is 517 g/mol. The Labute approximate surface area is 216 Å². The highest BCUT2D eigenvalue weighted by Crippen LogP contribution is 2.47. The predicted molar refractivity (Wildman–Crippen MR) is 136 cm³/mol. The minimum atomic E-state index is -3.84. The molecular formula is C30H22F3NO4. The van der Waals surface area contributed by atoms with Crippen molar-refractivity contribution in [2.24, 2.45) is 0 Å². The lowest BCUT2D eigenvalue weighted by atomic mass is 10.1. The highest BCUT2D eigenvalue weighted by Gasteiger charge is 2.42. The van der Waals surface area contributed by atoms with Gasteiger partial charge < -0.3 is 19.1 Å². The highest BCUT2D eigenvalue weighted by molar-refractivity contribution is 6.00. The number of aromatic nitrogens is 1. The van der Waals surface area contributed by atoms with Crippen molar-refractivity contribution < 1.29 is 32.5 Å². The van der Waals surface area contributed by atoms with Crippen LogP contribution in [0.25, 0.3) is 16.6 Å². The van der Waals surface area contributed by atoms with E-state index in [0.717, 1.165) is 22.3 Å². The molecule has 192 valence electrons. The van der Waals surface area contributed by atoms with Gasteiger partial charge in [-0.15, -0.1) is 0 Å². The summed E-state index contributed by atoms with van der Waals surface area (Å²) in [6.45, 7) is -1.43. The number of ether oxygens (including phenoxy) is 2. The quantitative estimate of drug-likeness (QED) is 0.234. The molecule has 0 unspecified atom stereocenters. The van der Waals surface area contributed by atoms with Gasteiger partial charge in [0.1, 0.15) is 30.5 Å². The third kappa shape index (κ3) is 4.86. The second-order valence-electron chi connectivity index (χ2n) is 8.53. The normalized spacial score (nSPS) is 11.5. The molecule has 0 spiro atoms. The number of fused-ring (bicyclic) bond motifs is 1. The number of aliphatic hydroxyl groups is 1. The van der Waals surface area contributed by atoms with Crippen molar-refractivity contribution >= 4 is 16.9 Å². The maximum absolute atomic E-state index is 15.5. The van der Waals surface area contributed by atoms with Gasteiger partial charge in [-0.3, -0.25) is 0 Å². The molecule has 38 heavy (non-hydrogen) atoms. The topological polar surface area (TPSA) is 60.7 Å². The Morgan fingerprint density at radius 3 is 2.16 bits per heavy atom. The van der Waals surface area contributed by atoms with Gasteiger partial charge in [-0.1, -0.05) is 54.6 Å². The van der Waals surface area contributed by atoms with Gasteiger partial charge in [-0.2, -0.15) is 8.78 Å². The first-order valence-electron chi connectivity index (χ1n) is 11.8. The van der Waals surface area contributed by atoms with Crippen LogP contribution >= 0.6 is 0 Å². The molecule has 0 bridgehead atoms. The Balaban J connectivity index is 1.75. The van der Waals surface area contributed by atoms with Gasteiger partial charge >= 0.3 is 11.9 Å². The van der Waals surface area contributed by atoms with E-state index in [-0.39, 0.29) is 34.5 Å². The number of hydrogen-bond donors (Lipinski definition) is 1. The molecular weight excluding hydrogens is 495 g/mol. The van der Waals surface area contributed by atoms with E-state index in [1.54, 1.807) is 36.4 Å². The third-order valence-corrected chi connectivity index (χ3v) is 5.98. The van der Waals surface area contributed by atoms with Crippen LogP contribution in [-0.4, -0.2) is 22.2 Å². The molecule has 8 heteroatoms. The summed E-state index contributed by atoms with van der Waals surface area (Å²) in [6.07, 6.45) is 0. The van der Waals surface area contributed by atoms with E-state index in [4.69, 9.17) is 9.47 Å². The van der Waals surface area contributed by atoms with Crippen molar-refractivity contribution in [3.63, 3.8) is 0 Å². The summed E-state index contributed by atoms with van der Waals surface area (Å²) >= 11 is 0. The predicted octanol–water partition coefficient (Wildman–Crippen LogP) is 6.65. The number of benzene rings is 4. The second-order valence-corrected chi connectivity index (χ2v) is 8.53. The molecule has 0 aliphatic carbocycles. The number of halogens is 3. The van der Waals surface area contributed by atoms with Crippen molar-refractivity contribution in [2.45, 2.75) is 12.5 Å². The largest absolute Gasteiger partial charge is 0.488 e. The number of carbonyl (C=O) groups excluding carboxylic acids is 1. The molecule has 5 aromatic rings. The number of hydrogen-bond acceptors (Lipinski definition) is 4. The fourth-order valence-corrected chi connectivity index (χ4v) is 4.22. The molecule has 0 aliphatic rings. The summed E-state index contributed by atoms with van der Waals surface area (Å²) in [5, 5.41) is 9.80. The molecule has 0 fully saturated rings. The van der Waals surface area contributed by atoms with Crippen molar-refractivity contribution in [2.75, 3.05) is 6.61 Å². The lowest BCUT2D eigenvalue weighted by Crippen LogP contribution is -2.24. The number of nitrogens with zero attached hydrogens (tertiary/aromatic N) is 1. The molecule has 0 amide bonds. The molecule has 0 radical (unpaired) electrons. The van der Waals surface area contributed by atoms with E-state index in [2.05, 4.69) is 0 Å². The molecule has 1 heterocycles. The second kappa shape index (κ2) is 10.4. The first-order chi connectivity index (χ1) is 18.4. The molecule has 0 saturated carbocycles. The van der Waals surface area contributed by atoms with Gasteiger partial charge in [0.15, 0.2) is 5.75 Å². The Kier molecular flexibility index (Phi) is 6.89. The van der Waals surface area contributed by atoms with Crippen molar-refractivity contribution in [3.8, 4) is 17.2 Å². The molecule has 5 rings (SSSR count). The minimum absolute atomic E-state index is 0.111. The number of esters is 1. The van der Waals surface area contributed by atoms with E-state index in [0.29, 0.717) is 0 Å². The van der Waals surface area contributed by atoms with Crippen LogP contribution < -0.4 is 9.47 Å². The van der Waals surface area contributed by atoms with Crippen molar-refractivity contribution in [3.05, 3.63) is 126 Å². The summed E-state index contributed by atoms with van der Waals surface area (Å²) in [5.41, 5.74) is 0.631. The van der Waals surface area contributed by atoms with Crippen molar-refractivity contribution in [1.82, 2.24) is 4.57 Å². The summed E-state index contributed by atoms with van der Waals surface area (Å²) in [5.74, 6) is -5.52. The van der Waals surface area contributed by atoms with Gasteiger partial charge in [-0.05, 0) is 54.1 Å². The Morgan fingerprint density at radius 1 is 0.842 bits per heavy atom. The maximum Gasteiger partial charge on any atom is 0.343 e. The Bertz CT molecular complexity index is 1570. The number of carbonyl (C=O) groups is 1. The summed E-state index contributed by atoms with van der Waals surface area (Å²) in [4.78, 5) is 13.1. The van der Waals surface area contributed by atoms with E-state index >= 15 is 8.78 Å². The van der Waals surface area contributed by atoms with Gasteiger partial charge in [0.25, 0.3) is 0 Å². The number of alkyl halides is 2. The van der Waals surface area contributed by atoms with Gasteiger partial charge in [0, 0.05) is 5.69 Å². The fraction of sp³-hybridized carbons (Fsp3) is 0.100. The van der Waals surface area contributed by atoms with Crippen LogP contribution in [0.15, 0.2) is 103 Å². The van der Waals surface area contributed by atoms with Gasteiger partial charge in [0.05, 0.1) is 16.5 Å². The number of aliphatic hydroxyl groups excluding tert-OH is 1. The zero-order valence-electron chi connectivity index (χ0n) is 20.0. The fourth-order valence-electron chi connectivity index (χ4n) is 4.22. The van der Waals surface area contributed by atoms with Crippen molar-refractivity contribution in [1.29, 1.82) is 0 Å². The van der Waals surface area contributed by atoms with Crippen LogP contribution in [0.4, 0.5) is 13.2 Å². The van der Waals surface area contributed by atoms with Crippen LogP contribution in [0, 0.1) is 5.82 Å². The third-order valence-electron chi connectivity index (χ3n) is 5.98. The lowest BCUT2D eigenvalue weighted by Gasteiger charge is -2.19. The molecule has 0 saturated heterocycles. The molecule has 0 aliphatic heterocycles. The highest BCUT2D eigenvalue weighted by atomic mass is 19.3. The first kappa shape index (κ1) is 25.1. The summed E-state index contributed by atoms with van der Waals surface area (Å²) in [7, 11) is 0. The van der Waals surface area contributed by atoms with Crippen LogP contribution in [-0.2, 0) is 12.5 Å². The van der Waals surface area contributed by atoms with E-state index < -0.39 is 35.8 Å². The first-order valence-corrected chi connectivity index (χ1v) is 11.8. The molecule has 1 aromatic heterocycles. The van der Waals surface area contributed by atoms with Gasteiger partial charge in [-0.25, -0.2) is 9.18 Å². The average Bonchev–Trinajstić information content (AvgIpc) is 3.28. The van der Waals surface area contributed by atoms with Crippen LogP contribution in [0.3, 0.4) is 0 Å². The summed E-state index contributed by atoms with van der Waals surface area (Å²) in [6, 6.07) is 26.9. The minimum Gasteiger partial charge on any atom is -0.488 e. The smallest absolute Gasteiger partial charge is 0.343 e. The van der Waals surface area contributed by atoms with Crippen LogP contribution in [0.1, 0.15) is 21.6 Å². The van der Waals surface area contributed by atoms with Crippen LogP contribution in [0.2, 0.25) is 0 Å². The zero-order chi connectivity index (χ0) is 26.7. The van der Waals surface area contributed by atoms with E-state index in [1.807, 2.05) is 30.3 Å². The van der Waals surface area contributed by atoms with Gasteiger partial charge in [0.2, 0.25) is 0 Å². The van der Waals surface area contributed by atoms with Crippen LogP contribution in [0.5, 0.6) is 11.5 Å². The molecule has 5 nitrogen and oxygen atoms in total. The molecule has 4 aromatic carbocycles. The summed E-state index contributed by atoms with van der Waals surface area (Å²) < 4.78 is 57.5. The maximum atomic E-state index is 15.5. The Hall–Kier alpha value is -4.56. The van der Waals surface area contributed by atoms with E-state index in [9.17, 15) is 14.3 Å². The van der Waals surface area contributed by atoms with E-state index in [1.165, 1.54) is 24.3 Å². The molecule has 0 atom stereocenters. The SMILES string of the molecule is O=C(Oc1c(C(F)(F)CO)n(-c2ccc(F)cc2)c2cccc(OCc3ccccc3)c12)c1ccccc1. The zero-order valence-corrected chi connectivity index (χ0v) is 20.0. The number of rotatable bonds is 8. The standard InChI is InChI=1S/C30H22F3NO4/c31-22-14-16-23(17-15-22)34-24-12-7-13-25(37-18-20-8-3-1-4-9-20)26(24)27(28(34)30(32,33)19-35)38-29(36)21-10-5-2-6-11-21/h1-17,35H,18-19H2. The Morgan fingerprint density at radius 2 is 1.50 bits per heavy atom.